The van der Waals surface area contributed by atoms with E-state index in [-0.39, 0.29) is 10.8 Å². The summed E-state index contributed by atoms with van der Waals surface area (Å²) >= 11 is 0. The van der Waals surface area contributed by atoms with Crippen molar-refractivity contribution >= 4 is 33.2 Å². The molecule has 0 saturated carbocycles. The van der Waals surface area contributed by atoms with Crippen molar-refractivity contribution in [3.8, 4) is 0 Å². The number of amides is 2. The van der Waals surface area contributed by atoms with Crippen LogP contribution in [0.2, 0.25) is 0 Å². The van der Waals surface area contributed by atoms with Gasteiger partial charge in [0.2, 0.25) is 21.8 Å². The monoisotopic (exact) mass is 391 g/mol. The van der Waals surface area contributed by atoms with Crippen LogP contribution >= 0.6 is 0 Å². The van der Waals surface area contributed by atoms with Gasteiger partial charge < -0.3 is 10.2 Å². The van der Waals surface area contributed by atoms with E-state index >= 15 is 0 Å². The summed E-state index contributed by atoms with van der Waals surface area (Å²) in [5.74, 6) is -1.11. The van der Waals surface area contributed by atoms with Crippen LogP contribution in [0.5, 0.6) is 0 Å². The first-order valence-corrected chi connectivity index (χ1v) is 9.71. The van der Waals surface area contributed by atoms with Gasteiger partial charge in [-0.05, 0) is 54.4 Å². The maximum atomic E-state index is 12.9. The van der Waals surface area contributed by atoms with Gasteiger partial charge in [0.25, 0.3) is 0 Å². The predicted molar refractivity (Wildman–Crippen MR) is 98.4 cm³/mol. The van der Waals surface area contributed by atoms with Gasteiger partial charge in [0.1, 0.15) is 5.82 Å². The number of carbonyl (C=O) groups is 2. The zero-order valence-electron chi connectivity index (χ0n) is 14.5. The van der Waals surface area contributed by atoms with E-state index in [1.165, 1.54) is 43.3 Å². The molecule has 142 valence electrons. The Morgan fingerprint density at radius 1 is 1.15 bits per heavy atom. The van der Waals surface area contributed by atoms with Crippen LogP contribution in [-0.4, -0.2) is 33.3 Å². The van der Waals surface area contributed by atoms with Crippen molar-refractivity contribution in [1.29, 1.82) is 0 Å². The fraction of sp³-hybridized carbons (Fsp3) is 0.222. The second kappa shape index (κ2) is 7.45. The SMILES string of the molecule is CC(=O)N1CCc2cc(S(=O)(=O)NCC(=O)Nc3ccc(F)cc3)ccc21. The number of fused-ring (bicyclic) bond motifs is 1. The molecule has 0 spiro atoms. The topological polar surface area (TPSA) is 95.6 Å². The summed E-state index contributed by atoms with van der Waals surface area (Å²) in [5.41, 5.74) is 1.83. The minimum Gasteiger partial charge on any atom is -0.325 e. The molecule has 0 unspecified atom stereocenters. The van der Waals surface area contributed by atoms with Crippen LogP contribution in [0.3, 0.4) is 0 Å². The Hall–Kier alpha value is -2.78. The van der Waals surface area contributed by atoms with E-state index in [1.807, 2.05) is 0 Å². The Balaban J connectivity index is 1.66. The molecule has 0 aliphatic carbocycles. The van der Waals surface area contributed by atoms with Crippen LogP contribution in [0.4, 0.5) is 15.8 Å². The number of rotatable bonds is 5. The van der Waals surface area contributed by atoms with Crippen molar-refractivity contribution in [2.45, 2.75) is 18.2 Å². The molecule has 0 radical (unpaired) electrons. The van der Waals surface area contributed by atoms with Crippen molar-refractivity contribution < 1.29 is 22.4 Å². The van der Waals surface area contributed by atoms with Gasteiger partial charge >= 0.3 is 0 Å². The van der Waals surface area contributed by atoms with E-state index in [0.717, 1.165) is 5.56 Å². The highest BCUT2D eigenvalue weighted by atomic mass is 32.2. The fourth-order valence-electron chi connectivity index (χ4n) is 2.85. The average molecular weight is 391 g/mol. The van der Waals surface area contributed by atoms with Crippen LogP contribution in [0, 0.1) is 5.82 Å². The van der Waals surface area contributed by atoms with E-state index in [1.54, 1.807) is 11.0 Å². The Labute approximate surface area is 156 Å². The third-order valence-corrected chi connectivity index (χ3v) is 5.59. The van der Waals surface area contributed by atoms with E-state index in [2.05, 4.69) is 10.0 Å². The van der Waals surface area contributed by atoms with Crippen molar-refractivity contribution in [3.05, 3.63) is 53.8 Å². The summed E-state index contributed by atoms with van der Waals surface area (Å²) in [6.07, 6.45) is 0.573. The summed E-state index contributed by atoms with van der Waals surface area (Å²) in [4.78, 5) is 25.1. The maximum Gasteiger partial charge on any atom is 0.241 e. The number of anilines is 2. The second-order valence-electron chi connectivity index (χ2n) is 6.09. The molecule has 0 aromatic heterocycles. The van der Waals surface area contributed by atoms with Gasteiger partial charge in [-0.1, -0.05) is 0 Å². The molecular formula is C18H18FN3O4S. The number of carbonyl (C=O) groups excluding carboxylic acids is 2. The summed E-state index contributed by atoms with van der Waals surface area (Å²) in [6.45, 7) is 1.51. The first kappa shape index (κ1) is 19.0. The summed E-state index contributed by atoms with van der Waals surface area (Å²) in [7, 11) is -3.89. The molecule has 9 heteroatoms. The van der Waals surface area contributed by atoms with Crippen LogP contribution in [0.1, 0.15) is 12.5 Å². The number of sulfonamides is 1. The molecule has 1 aliphatic heterocycles. The molecule has 0 atom stereocenters. The number of hydrogen-bond acceptors (Lipinski definition) is 4. The third kappa shape index (κ3) is 4.32. The lowest BCUT2D eigenvalue weighted by atomic mass is 10.2. The minimum atomic E-state index is -3.89. The molecule has 2 aromatic rings. The Morgan fingerprint density at radius 3 is 2.52 bits per heavy atom. The van der Waals surface area contributed by atoms with E-state index in [0.29, 0.717) is 24.3 Å². The molecular weight excluding hydrogens is 373 g/mol. The lowest BCUT2D eigenvalue weighted by Crippen LogP contribution is -2.33. The van der Waals surface area contributed by atoms with E-state index in [4.69, 9.17) is 0 Å². The highest BCUT2D eigenvalue weighted by molar-refractivity contribution is 7.89. The Kier molecular flexibility index (Phi) is 5.24. The van der Waals surface area contributed by atoms with Crippen molar-refractivity contribution in [3.63, 3.8) is 0 Å². The molecule has 27 heavy (non-hydrogen) atoms. The summed E-state index contributed by atoms with van der Waals surface area (Å²) in [6, 6.07) is 9.64. The van der Waals surface area contributed by atoms with Crippen LogP contribution in [0.25, 0.3) is 0 Å². The first-order valence-electron chi connectivity index (χ1n) is 8.22. The number of halogens is 1. The van der Waals surface area contributed by atoms with Gasteiger partial charge in [0, 0.05) is 24.8 Å². The number of hydrogen-bond donors (Lipinski definition) is 2. The molecule has 2 N–H and O–H groups in total. The summed E-state index contributed by atoms with van der Waals surface area (Å²) in [5, 5.41) is 2.48. The predicted octanol–water partition coefficient (Wildman–Crippen LogP) is 1.65. The Morgan fingerprint density at radius 2 is 1.85 bits per heavy atom. The van der Waals surface area contributed by atoms with Crippen LogP contribution in [-0.2, 0) is 26.0 Å². The number of nitrogens with one attached hydrogen (secondary N) is 2. The average Bonchev–Trinajstić information content (AvgIpc) is 3.05. The van der Waals surface area contributed by atoms with Gasteiger partial charge in [-0.3, -0.25) is 9.59 Å². The molecule has 2 amide bonds. The molecule has 0 fully saturated rings. The van der Waals surface area contributed by atoms with Crippen LogP contribution in [0.15, 0.2) is 47.4 Å². The fourth-order valence-corrected chi connectivity index (χ4v) is 3.89. The maximum absolute atomic E-state index is 12.9. The molecule has 1 aliphatic rings. The van der Waals surface area contributed by atoms with Gasteiger partial charge in [0.05, 0.1) is 11.4 Å². The van der Waals surface area contributed by atoms with Crippen molar-refractivity contribution in [2.24, 2.45) is 0 Å². The Bertz CT molecular complexity index is 990. The standard InChI is InChI=1S/C18H18FN3O4S/c1-12(23)22-9-8-13-10-16(6-7-17(13)22)27(25,26)20-11-18(24)21-15-4-2-14(19)3-5-15/h2-7,10,20H,8-9,11H2,1H3,(H,21,24). The van der Waals surface area contributed by atoms with Gasteiger partial charge in [-0.15, -0.1) is 0 Å². The van der Waals surface area contributed by atoms with Gasteiger partial charge in [-0.2, -0.15) is 0 Å². The first-order chi connectivity index (χ1) is 12.8. The van der Waals surface area contributed by atoms with Crippen molar-refractivity contribution in [2.75, 3.05) is 23.3 Å². The largest absolute Gasteiger partial charge is 0.325 e. The highest BCUT2D eigenvalue weighted by Crippen LogP contribution is 2.30. The normalized spacial score (nSPS) is 13.3. The molecule has 0 saturated heterocycles. The highest BCUT2D eigenvalue weighted by Gasteiger charge is 2.25. The molecule has 7 nitrogen and oxygen atoms in total. The number of benzene rings is 2. The summed E-state index contributed by atoms with van der Waals surface area (Å²) < 4.78 is 39.9. The zero-order chi connectivity index (χ0) is 19.6. The molecule has 2 aromatic carbocycles. The van der Waals surface area contributed by atoms with Crippen LogP contribution < -0.4 is 14.9 Å². The third-order valence-electron chi connectivity index (χ3n) is 4.19. The van der Waals surface area contributed by atoms with E-state index in [9.17, 15) is 22.4 Å². The van der Waals surface area contributed by atoms with E-state index < -0.39 is 28.3 Å². The lowest BCUT2D eigenvalue weighted by molar-refractivity contribution is -0.116. The molecule has 0 bridgehead atoms. The molecule has 1 heterocycles. The lowest BCUT2D eigenvalue weighted by Gasteiger charge is -2.15. The smallest absolute Gasteiger partial charge is 0.241 e. The van der Waals surface area contributed by atoms with Gasteiger partial charge in [0.15, 0.2) is 0 Å². The van der Waals surface area contributed by atoms with Crippen molar-refractivity contribution in [1.82, 2.24) is 4.72 Å². The minimum absolute atomic E-state index is 0.0289. The quantitative estimate of drug-likeness (QED) is 0.810. The second-order valence-corrected chi connectivity index (χ2v) is 7.86. The zero-order valence-corrected chi connectivity index (χ0v) is 15.3. The molecule has 3 rings (SSSR count). The number of nitrogens with zero attached hydrogens (tertiary/aromatic N) is 1. The van der Waals surface area contributed by atoms with Gasteiger partial charge in [-0.25, -0.2) is 17.5 Å².